The molecule has 2 aromatic rings. The second-order valence-electron chi connectivity index (χ2n) is 4.07. The number of carbonyl (C=O) groups excluding carboxylic acids is 2. The normalized spacial score (nSPS) is 9.52. The number of hydrogen-bond donors (Lipinski definition) is 2. The lowest BCUT2D eigenvalue weighted by Gasteiger charge is -2.07. The summed E-state index contributed by atoms with van der Waals surface area (Å²) in [7, 11) is 0. The number of halogens is 1. The first-order valence-corrected chi connectivity index (χ1v) is 6.35. The zero-order chi connectivity index (χ0) is 15.2. The maximum atomic E-state index is 11.8. The van der Waals surface area contributed by atoms with Crippen LogP contribution in [-0.2, 0) is 9.59 Å². The van der Waals surface area contributed by atoms with E-state index in [-0.39, 0.29) is 11.3 Å². The standard InChI is InChI=1S/C15H10ClN3O2/c16-11-5-7-12(8-6-11)18-14(20)15(21)19-13-4-2-1-3-10(13)9-17/h1-8H,(H,18,20)(H,19,21). The Morgan fingerprint density at radius 3 is 2.24 bits per heavy atom. The number of benzene rings is 2. The van der Waals surface area contributed by atoms with E-state index in [2.05, 4.69) is 10.6 Å². The summed E-state index contributed by atoms with van der Waals surface area (Å²) in [5.41, 5.74) is 1.02. The number of carbonyl (C=O) groups is 2. The van der Waals surface area contributed by atoms with Crippen molar-refractivity contribution in [3.63, 3.8) is 0 Å². The summed E-state index contributed by atoms with van der Waals surface area (Å²) in [4.78, 5) is 23.6. The molecule has 0 heterocycles. The molecule has 0 aliphatic heterocycles. The third-order valence-electron chi connectivity index (χ3n) is 2.60. The number of nitrogens with one attached hydrogen (secondary N) is 2. The van der Waals surface area contributed by atoms with E-state index in [1.54, 1.807) is 48.5 Å². The summed E-state index contributed by atoms with van der Waals surface area (Å²) in [6, 6.07) is 14.7. The number of para-hydroxylation sites is 1. The average molecular weight is 300 g/mol. The largest absolute Gasteiger partial charge is 0.318 e. The molecule has 0 saturated heterocycles. The number of hydrogen-bond acceptors (Lipinski definition) is 3. The molecule has 21 heavy (non-hydrogen) atoms. The highest BCUT2D eigenvalue weighted by Gasteiger charge is 2.15. The predicted octanol–water partition coefficient (Wildman–Crippen LogP) is 2.79. The van der Waals surface area contributed by atoms with Crippen LogP contribution < -0.4 is 10.6 Å². The first-order chi connectivity index (χ1) is 10.1. The molecule has 2 aromatic carbocycles. The van der Waals surface area contributed by atoms with E-state index in [0.717, 1.165) is 0 Å². The monoisotopic (exact) mass is 299 g/mol. The molecule has 0 unspecified atom stereocenters. The van der Waals surface area contributed by atoms with Crippen molar-refractivity contribution in [3.8, 4) is 6.07 Å². The van der Waals surface area contributed by atoms with Crippen LogP contribution in [0.4, 0.5) is 11.4 Å². The summed E-state index contributed by atoms with van der Waals surface area (Å²) < 4.78 is 0. The van der Waals surface area contributed by atoms with E-state index in [1.165, 1.54) is 0 Å². The SMILES string of the molecule is N#Cc1ccccc1NC(=O)C(=O)Nc1ccc(Cl)cc1. The van der Waals surface area contributed by atoms with Gasteiger partial charge in [0.05, 0.1) is 11.3 Å². The molecule has 0 atom stereocenters. The van der Waals surface area contributed by atoms with Crippen LogP contribution in [0, 0.1) is 11.3 Å². The fourth-order valence-electron chi connectivity index (χ4n) is 1.59. The van der Waals surface area contributed by atoms with Gasteiger partial charge >= 0.3 is 11.8 Å². The molecule has 0 fully saturated rings. The van der Waals surface area contributed by atoms with Gasteiger partial charge in [-0.2, -0.15) is 5.26 Å². The van der Waals surface area contributed by atoms with Gasteiger partial charge in [0.2, 0.25) is 0 Å². The molecule has 2 rings (SSSR count). The molecule has 0 radical (unpaired) electrons. The van der Waals surface area contributed by atoms with Gasteiger partial charge in [-0.25, -0.2) is 0 Å². The van der Waals surface area contributed by atoms with Gasteiger partial charge in [-0.1, -0.05) is 23.7 Å². The minimum absolute atomic E-state index is 0.283. The van der Waals surface area contributed by atoms with Gasteiger partial charge in [0, 0.05) is 10.7 Å². The summed E-state index contributed by atoms with van der Waals surface area (Å²) in [6.45, 7) is 0. The number of rotatable bonds is 2. The van der Waals surface area contributed by atoms with Crippen LogP contribution in [0.3, 0.4) is 0 Å². The minimum Gasteiger partial charge on any atom is -0.318 e. The highest BCUT2D eigenvalue weighted by atomic mass is 35.5. The van der Waals surface area contributed by atoms with Crippen molar-refractivity contribution in [1.29, 1.82) is 5.26 Å². The third kappa shape index (κ3) is 3.81. The van der Waals surface area contributed by atoms with Crippen molar-refractivity contribution in [3.05, 3.63) is 59.1 Å². The molecule has 0 bridgehead atoms. The van der Waals surface area contributed by atoms with E-state index >= 15 is 0 Å². The van der Waals surface area contributed by atoms with Gasteiger partial charge in [0.25, 0.3) is 0 Å². The molecule has 5 nitrogen and oxygen atoms in total. The van der Waals surface area contributed by atoms with Crippen LogP contribution in [0.2, 0.25) is 5.02 Å². The molecule has 6 heteroatoms. The van der Waals surface area contributed by atoms with Gasteiger partial charge in [0.1, 0.15) is 6.07 Å². The van der Waals surface area contributed by atoms with E-state index in [0.29, 0.717) is 10.7 Å². The van der Waals surface area contributed by atoms with Crippen LogP contribution >= 0.6 is 11.6 Å². The highest BCUT2D eigenvalue weighted by Crippen LogP contribution is 2.15. The Morgan fingerprint density at radius 1 is 0.952 bits per heavy atom. The lowest BCUT2D eigenvalue weighted by atomic mass is 10.2. The Balaban J connectivity index is 2.05. The number of anilines is 2. The highest BCUT2D eigenvalue weighted by molar-refractivity contribution is 6.43. The molecule has 2 amide bonds. The second-order valence-corrected chi connectivity index (χ2v) is 4.51. The summed E-state index contributed by atoms with van der Waals surface area (Å²) in [5, 5.41) is 14.3. The van der Waals surface area contributed by atoms with Gasteiger partial charge in [0.15, 0.2) is 0 Å². The van der Waals surface area contributed by atoms with Crippen LogP contribution in [0.1, 0.15) is 5.56 Å². The Labute approximate surface area is 126 Å². The molecule has 0 aliphatic carbocycles. The van der Waals surface area contributed by atoms with E-state index in [4.69, 9.17) is 16.9 Å². The van der Waals surface area contributed by atoms with Gasteiger partial charge in [-0.05, 0) is 36.4 Å². The van der Waals surface area contributed by atoms with Gasteiger partial charge in [-0.15, -0.1) is 0 Å². The van der Waals surface area contributed by atoms with Crippen molar-refractivity contribution in [2.45, 2.75) is 0 Å². The van der Waals surface area contributed by atoms with Gasteiger partial charge in [-0.3, -0.25) is 9.59 Å². The fraction of sp³-hybridized carbons (Fsp3) is 0. The Kier molecular flexibility index (Phi) is 4.54. The average Bonchev–Trinajstić information content (AvgIpc) is 2.50. The van der Waals surface area contributed by atoms with E-state index < -0.39 is 11.8 Å². The van der Waals surface area contributed by atoms with E-state index in [9.17, 15) is 9.59 Å². The quantitative estimate of drug-likeness (QED) is 0.837. The Bertz CT molecular complexity index is 720. The first-order valence-electron chi connectivity index (χ1n) is 5.97. The second kappa shape index (κ2) is 6.55. The number of amides is 2. The lowest BCUT2D eigenvalue weighted by molar-refractivity contribution is -0.133. The zero-order valence-electron chi connectivity index (χ0n) is 10.8. The van der Waals surface area contributed by atoms with Crippen LogP contribution in [0.25, 0.3) is 0 Å². The molecular formula is C15H10ClN3O2. The zero-order valence-corrected chi connectivity index (χ0v) is 11.5. The Hall–Kier alpha value is -2.84. The predicted molar refractivity (Wildman–Crippen MR) is 79.9 cm³/mol. The Morgan fingerprint density at radius 2 is 1.57 bits per heavy atom. The topological polar surface area (TPSA) is 82.0 Å². The third-order valence-corrected chi connectivity index (χ3v) is 2.86. The molecule has 0 spiro atoms. The summed E-state index contributed by atoms with van der Waals surface area (Å²) >= 11 is 5.73. The number of nitrogens with zero attached hydrogens (tertiary/aromatic N) is 1. The molecule has 104 valence electrons. The summed E-state index contributed by atoms with van der Waals surface area (Å²) in [6.07, 6.45) is 0. The maximum Gasteiger partial charge on any atom is 0.314 e. The van der Waals surface area contributed by atoms with E-state index in [1.807, 2.05) is 6.07 Å². The summed E-state index contributed by atoms with van der Waals surface area (Å²) in [5.74, 6) is -1.68. The fourth-order valence-corrected chi connectivity index (χ4v) is 1.72. The lowest BCUT2D eigenvalue weighted by Crippen LogP contribution is -2.29. The van der Waals surface area contributed by atoms with Crippen molar-refractivity contribution in [2.24, 2.45) is 0 Å². The molecule has 0 aliphatic rings. The molecule has 2 N–H and O–H groups in total. The molecular weight excluding hydrogens is 290 g/mol. The van der Waals surface area contributed by atoms with Crippen molar-refractivity contribution < 1.29 is 9.59 Å². The van der Waals surface area contributed by atoms with Crippen LogP contribution in [-0.4, -0.2) is 11.8 Å². The van der Waals surface area contributed by atoms with Crippen molar-refractivity contribution >= 4 is 34.8 Å². The number of nitriles is 1. The van der Waals surface area contributed by atoms with Crippen LogP contribution in [0.5, 0.6) is 0 Å². The maximum absolute atomic E-state index is 11.8. The molecule has 0 saturated carbocycles. The van der Waals surface area contributed by atoms with Crippen LogP contribution in [0.15, 0.2) is 48.5 Å². The smallest absolute Gasteiger partial charge is 0.314 e. The van der Waals surface area contributed by atoms with Crippen molar-refractivity contribution in [1.82, 2.24) is 0 Å². The molecule has 0 aromatic heterocycles. The van der Waals surface area contributed by atoms with Crippen molar-refractivity contribution in [2.75, 3.05) is 10.6 Å². The first kappa shape index (κ1) is 14.6. The minimum atomic E-state index is -0.854. The van der Waals surface area contributed by atoms with Gasteiger partial charge < -0.3 is 10.6 Å².